The van der Waals surface area contributed by atoms with E-state index >= 15 is 0 Å². The summed E-state index contributed by atoms with van der Waals surface area (Å²) >= 11 is 0. The summed E-state index contributed by atoms with van der Waals surface area (Å²) < 4.78 is 20.3. The van der Waals surface area contributed by atoms with Crippen LogP contribution in [0.4, 0.5) is 26.5 Å². The number of ether oxygens (including phenoxy) is 1. The van der Waals surface area contributed by atoms with Crippen LogP contribution in [0, 0.1) is 17.1 Å². The molecule has 1 amide bonds. The zero-order chi connectivity index (χ0) is 26.1. The summed E-state index contributed by atoms with van der Waals surface area (Å²) in [5.74, 6) is -0.488. The third kappa shape index (κ3) is 7.94. The lowest BCUT2D eigenvalue weighted by Crippen LogP contribution is -2.40. The molecule has 1 aromatic carbocycles. The molecule has 0 aliphatic carbocycles. The van der Waals surface area contributed by atoms with E-state index in [9.17, 15) is 14.4 Å². The van der Waals surface area contributed by atoms with Crippen LogP contribution < -0.4 is 16.0 Å². The van der Waals surface area contributed by atoms with Gasteiger partial charge in [0.1, 0.15) is 11.7 Å². The third-order valence-corrected chi connectivity index (χ3v) is 5.10. The fourth-order valence-corrected chi connectivity index (χ4v) is 3.44. The molecular formula is C27H31FN6O2. The minimum atomic E-state index is -0.670. The molecule has 9 heteroatoms. The number of halogens is 1. The van der Waals surface area contributed by atoms with Gasteiger partial charge in [-0.25, -0.2) is 14.2 Å². The highest BCUT2D eigenvalue weighted by Crippen LogP contribution is 2.24. The Kier molecular flexibility index (Phi) is 8.79. The summed E-state index contributed by atoms with van der Waals surface area (Å²) in [4.78, 5) is 20.9. The Hall–Kier alpha value is -4.19. The van der Waals surface area contributed by atoms with Crippen LogP contribution >= 0.6 is 0 Å². The first-order valence-electron chi connectivity index (χ1n) is 11.8. The number of hydrogen-bond acceptors (Lipinski definition) is 7. The Balaban J connectivity index is 1.84. The average molecular weight is 491 g/mol. The summed E-state index contributed by atoms with van der Waals surface area (Å²) in [6.45, 7) is 7.50. The first kappa shape index (κ1) is 26.4. The molecule has 0 unspecified atom stereocenters. The van der Waals surface area contributed by atoms with Crippen molar-refractivity contribution in [3.8, 4) is 6.07 Å². The van der Waals surface area contributed by atoms with Crippen molar-refractivity contribution in [1.29, 1.82) is 5.26 Å². The molecule has 0 fully saturated rings. The summed E-state index contributed by atoms with van der Waals surface area (Å²) in [6.07, 6.45) is 2.33. The van der Waals surface area contributed by atoms with Gasteiger partial charge in [-0.15, -0.1) is 0 Å². The highest BCUT2D eigenvalue weighted by atomic mass is 19.1. The molecule has 0 saturated heterocycles. The van der Waals surface area contributed by atoms with E-state index in [1.165, 1.54) is 0 Å². The predicted molar refractivity (Wildman–Crippen MR) is 138 cm³/mol. The molecule has 0 bridgehead atoms. The molecule has 0 spiro atoms. The van der Waals surface area contributed by atoms with Crippen molar-refractivity contribution in [1.82, 2.24) is 15.3 Å². The zero-order valence-corrected chi connectivity index (χ0v) is 20.9. The topological polar surface area (TPSA) is 112 Å². The molecule has 0 aliphatic heterocycles. The summed E-state index contributed by atoms with van der Waals surface area (Å²) in [5, 5.41) is 18.5. The SMILES string of the molecule is CCc1cc(Nc2nc(N[C@@H](CNC(=O)OC(C)(C)C)Cc3ccccc3)c(F)cc2C#N)ccn1. The van der Waals surface area contributed by atoms with Crippen LogP contribution in [0.25, 0.3) is 0 Å². The first-order chi connectivity index (χ1) is 17.2. The van der Waals surface area contributed by atoms with Crippen molar-refractivity contribution in [2.45, 2.75) is 52.2 Å². The van der Waals surface area contributed by atoms with Gasteiger partial charge in [0.2, 0.25) is 0 Å². The van der Waals surface area contributed by atoms with E-state index in [1.807, 2.05) is 49.4 Å². The van der Waals surface area contributed by atoms with E-state index in [2.05, 4.69) is 25.9 Å². The molecule has 2 heterocycles. The van der Waals surface area contributed by atoms with Gasteiger partial charge in [0.15, 0.2) is 17.5 Å². The van der Waals surface area contributed by atoms with Gasteiger partial charge in [0.25, 0.3) is 0 Å². The number of pyridine rings is 2. The minimum Gasteiger partial charge on any atom is -0.444 e. The van der Waals surface area contributed by atoms with Crippen molar-refractivity contribution in [2.75, 3.05) is 17.2 Å². The number of amides is 1. The van der Waals surface area contributed by atoms with Gasteiger partial charge >= 0.3 is 6.09 Å². The molecular weight excluding hydrogens is 459 g/mol. The number of nitrogens with one attached hydrogen (secondary N) is 3. The Morgan fingerprint density at radius 2 is 1.92 bits per heavy atom. The van der Waals surface area contributed by atoms with E-state index in [0.29, 0.717) is 12.1 Å². The second-order valence-electron chi connectivity index (χ2n) is 9.25. The average Bonchev–Trinajstić information content (AvgIpc) is 2.84. The van der Waals surface area contributed by atoms with Gasteiger partial charge in [0, 0.05) is 30.2 Å². The van der Waals surface area contributed by atoms with Gasteiger partial charge in [-0.1, -0.05) is 37.3 Å². The highest BCUT2D eigenvalue weighted by molar-refractivity contribution is 5.68. The highest BCUT2D eigenvalue weighted by Gasteiger charge is 2.20. The van der Waals surface area contributed by atoms with E-state index in [4.69, 9.17) is 4.74 Å². The second-order valence-corrected chi connectivity index (χ2v) is 9.25. The van der Waals surface area contributed by atoms with Crippen LogP contribution in [0.5, 0.6) is 0 Å². The van der Waals surface area contributed by atoms with Crippen molar-refractivity contribution in [3.05, 3.63) is 77.4 Å². The van der Waals surface area contributed by atoms with Gasteiger partial charge in [-0.3, -0.25) is 4.98 Å². The van der Waals surface area contributed by atoms with Crippen LogP contribution in [0.2, 0.25) is 0 Å². The van der Waals surface area contributed by atoms with Crippen LogP contribution in [-0.2, 0) is 17.6 Å². The van der Waals surface area contributed by atoms with E-state index < -0.39 is 23.6 Å². The molecule has 3 rings (SSSR count). The summed E-state index contributed by atoms with van der Waals surface area (Å²) in [5.41, 5.74) is 1.99. The molecule has 0 saturated carbocycles. The minimum absolute atomic E-state index is 0.0341. The quantitative estimate of drug-likeness (QED) is 0.371. The standard InChI is InChI=1S/C27H31FN6O2/c1-5-20-15-21(11-12-30-20)32-24-19(16-29)14-23(28)25(34-24)33-22(13-18-9-7-6-8-10-18)17-31-26(35)36-27(2,3)4/h6-12,14-15,22H,5,13,17H2,1-4H3,(H,31,35)(H2,30,32,33,34)/t22-/m1/s1. The molecule has 0 radical (unpaired) electrons. The maximum absolute atomic E-state index is 15.0. The molecule has 3 N–H and O–H groups in total. The van der Waals surface area contributed by atoms with E-state index in [-0.39, 0.29) is 23.7 Å². The van der Waals surface area contributed by atoms with Crippen molar-refractivity contribution >= 4 is 23.4 Å². The third-order valence-electron chi connectivity index (χ3n) is 5.10. The van der Waals surface area contributed by atoms with Crippen LogP contribution in [-0.4, -0.2) is 34.2 Å². The van der Waals surface area contributed by atoms with Gasteiger partial charge < -0.3 is 20.7 Å². The first-order valence-corrected chi connectivity index (χ1v) is 11.8. The number of anilines is 3. The number of carbonyl (C=O) groups is 1. The van der Waals surface area contributed by atoms with Crippen LogP contribution in [0.3, 0.4) is 0 Å². The number of carbonyl (C=O) groups excluding carboxylic acids is 1. The number of rotatable bonds is 9. The van der Waals surface area contributed by atoms with Gasteiger partial charge in [-0.05, 0) is 57.4 Å². The van der Waals surface area contributed by atoms with E-state index in [0.717, 1.165) is 23.7 Å². The number of aromatic nitrogens is 2. The molecule has 1 atom stereocenters. The molecule has 3 aromatic rings. The van der Waals surface area contributed by atoms with Crippen LogP contribution in [0.1, 0.15) is 44.5 Å². The number of aryl methyl sites for hydroxylation is 1. The Bertz CT molecular complexity index is 1220. The molecule has 8 nitrogen and oxygen atoms in total. The molecule has 2 aromatic heterocycles. The number of nitrogens with zero attached hydrogens (tertiary/aromatic N) is 3. The second kappa shape index (κ2) is 12.0. The van der Waals surface area contributed by atoms with Gasteiger partial charge in [-0.2, -0.15) is 5.26 Å². The lowest BCUT2D eigenvalue weighted by Gasteiger charge is -2.23. The van der Waals surface area contributed by atoms with Crippen molar-refractivity contribution < 1.29 is 13.9 Å². The monoisotopic (exact) mass is 490 g/mol. The normalized spacial score (nSPS) is 11.8. The van der Waals surface area contributed by atoms with Gasteiger partial charge in [0.05, 0.1) is 5.56 Å². The fraction of sp³-hybridized carbons (Fsp3) is 0.333. The summed E-state index contributed by atoms with van der Waals surface area (Å²) in [6, 6.07) is 16.0. The number of alkyl carbamates (subject to hydrolysis) is 1. The number of hydrogen-bond donors (Lipinski definition) is 3. The Labute approximate surface area is 210 Å². The van der Waals surface area contributed by atoms with Crippen molar-refractivity contribution in [2.24, 2.45) is 0 Å². The maximum Gasteiger partial charge on any atom is 0.407 e. The summed E-state index contributed by atoms with van der Waals surface area (Å²) in [7, 11) is 0. The largest absolute Gasteiger partial charge is 0.444 e. The van der Waals surface area contributed by atoms with Crippen LogP contribution in [0.15, 0.2) is 54.7 Å². The molecule has 36 heavy (non-hydrogen) atoms. The zero-order valence-electron chi connectivity index (χ0n) is 20.9. The number of benzene rings is 1. The van der Waals surface area contributed by atoms with E-state index in [1.54, 1.807) is 33.0 Å². The molecule has 0 aliphatic rings. The Morgan fingerprint density at radius 3 is 2.58 bits per heavy atom. The maximum atomic E-state index is 15.0. The molecule has 188 valence electrons. The smallest absolute Gasteiger partial charge is 0.407 e. The fourth-order valence-electron chi connectivity index (χ4n) is 3.44. The lowest BCUT2D eigenvalue weighted by atomic mass is 10.1. The lowest BCUT2D eigenvalue weighted by molar-refractivity contribution is 0.0525. The number of nitriles is 1. The predicted octanol–water partition coefficient (Wildman–Crippen LogP) is 5.34. The van der Waals surface area contributed by atoms with Crippen molar-refractivity contribution in [3.63, 3.8) is 0 Å². The Morgan fingerprint density at radius 1 is 1.17 bits per heavy atom.